The molecule has 5 nitrogen and oxygen atoms in total. The molecule has 0 radical (unpaired) electrons. The second-order valence-corrected chi connectivity index (χ2v) is 6.52. The van der Waals surface area contributed by atoms with E-state index in [4.69, 9.17) is 0 Å². The number of carboxylic acids is 1. The Morgan fingerprint density at radius 2 is 1.59 bits per heavy atom. The summed E-state index contributed by atoms with van der Waals surface area (Å²) < 4.78 is 39.7. The van der Waals surface area contributed by atoms with E-state index >= 15 is 0 Å². The van der Waals surface area contributed by atoms with Gasteiger partial charge in [0.15, 0.2) is 0 Å². The Bertz CT molecular complexity index is 876. The summed E-state index contributed by atoms with van der Waals surface area (Å²) in [5, 5.41) is 11.8. The van der Waals surface area contributed by atoms with Crippen LogP contribution in [0.2, 0.25) is 0 Å². The van der Waals surface area contributed by atoms with E-state index in [0.717, 1.165) is 25.0 Å². The predicted octanol–water partition coefficient (Wildman–Crippen LogP) is 5.28. The fraction of sp³-hybridized carbons (Fsp3) is 0.333. The number of halogens is 3. The molecular weight excluding hydrogens is 385 g/mol. The number of carbonyl (C=O) groups excluding carboxylic acids is 1. The van der Waals surface area contributed by atoms with E-state index in [2.05, 4.69) is 5.32 Å². The quantitative estimate of drug-likeness (QED) is 0.623. The largest absolute Gasteiger partial charge is 0.478 e. The van der Waals surface area contributed by atoms with Gasteiger partial charge in [-0.3, -0.25) is 4.79 Å². The SMILES string of the molecule is CCCN(CCC)c1ccc(C(F)(F)F)cc1NC(=O)c1ccccc1C(=O)O. The van der Waals surface area contributed by atoms with Crippen molar-refractivity contribution in [1.82, 2.24) is 0 Å². The summed E-state index contributed by atoms with van der Waals surface area (Å²) in [7, 11) is 0. The molecule has 2 N–H and O–H groups in total. The Hall–Kier alpha value is -3.03. The van der Waals surface area contributed by atoms with Crippen LogP contribution in [0.1, 0.15) is 53.0 Å². The third kappa shape index (κ3) is 5.49. The molecule has 0 aliphatic heterocycles. The maximum atomic E-state index is 13.2. The zero-order valence-corrected chi connectivity index (χ0v) is 16.2. The summed E-state index contributed by atoms with van der Waals surface area (Å²) in [6.45, 7) is 5.11. The molecule has 0 saturated heterocycles. The van der Waals surface area contributed by atoms with Gasteiger partial charge in [-0.15, -0.1) is 0 Å². The first-order chi connectivity index (χ1) is 13.7. The first-order valence-corrected chi connectivity index (χ1v) is 9.28. The Labute approximate surface area is 167 Å². The molecule has 29 heavy (non-hydrogen) atoms. The Morgan fingerprint density at radius 3 is 2.10 bits per heavy atom. The third-order valence-electron chi connectivity index (χ3n) is 4.30. The highest BCUT2D eigenvalue weighted by Gasteiger charge is 2.32. The van der Waals surface area contributed by atoms with Gasteiger partial charge in [-0.1, -0.05) is 26.0 Å². The van der Waals surface area contributed by atoms with Crippen LogP contribution in [0.25, 0.3) is 0 Å². The molecule has 2 aromatic carbocycles. The van der Waals surface area contributed by atoms with Crippen LogP contribution in [0.4, 0.5) is 24.5 Å². The highest BCUT2D eigenvalue weighted by molar-refractivity contribution is 6.11. The van der Waals surface area contributed by atoms with Crippen molar-refractivity contribution in [2.45, 2.75) is 32.9 Å². The van der Waals surface area contributed by atoms with Gasteiger partial charge < -0.3 is 15.3 Å². The average molecular weight is 408 g/mol. The lowest BCUT2D eigenvalue weighted by Crippen LogP contribution is -2.27. The molecule has 0 aromatic heterocycles. The molecule has 0 heterocycles. The number of benzene rings is 2. The van der Waals surface area contributed by atoms with Crippen LogP contribution in [0.3, 0.4) is 0 Å². The zero-order valence-electron chi connectivity index (χ0n) is 16.2. The van der Waals surface area contributed by atoms with Gasteiger partial charge in [0.25, 0.3) is 5.91 Å². The van der Waals surface area contributed by atoms with E-state index in [1.54, 1.807) is 0 Å². The number of rotatable bonds is 8. The van der Waals surface area contributed by atoms with Crippen LogP contribution in [-0.2, 0) is 6.18 Å². The number of nitrogens with one attached hydrogen (secondary N) is 1. The smallest absolute Gasteiger partial charge is 0.416 e. The zero-order chi connectivity index (χ0) is 21.6. The standard InChI is InChI=1S/C21H23F3N2O3/c1-3-11-26(12-4-2)18-10-9-14(21(22,23)24)13-17(18)25-19(27)15-7-5-6-8-16(15)20(28)29/h5-10,13H,3-4,11-12H2,1-2H3,(H,25,27)(H,28,29). The maximum Gasteiger partial charge on any atom is 0.416 e. The number of alkyl halides is 3. The molecule has 0 bridgehead atoms. The van der Waals surface area contributed by atoms with Crippen LogP contribution in [0, 0.1) is 0 Å². The van der Waals surface area contributed by atoms with E-state index in [1.165, 1.54) is 30.3 Å². The molecule has 8 heteroatoms. The number of carbonyl (C=O) groups is 2. The van der Waals surface area contributed by atoms with E-state index in [0.29, 0.717) is 18.8 Å². The van der Waals surface area contributed by atoms with Crippen molar-refractivity contribution in [3.63, 3.8) is 0 Å². The van der Waals surface area contributed by atoms with Crippen LogP contribution in [0.5, 0.6) is 0 Å². The number of hydrogen-bond donors (Lipinski definition) is 2. The number of anilines is 2. The Kier molecular flexibility index (Phi) is 7.25. The summed E-state index contributed by atoms with van der Waals surface area (Å²) >= 11 is 0. The van der Waals surface area contributed by atoms with Crippen molar-refractivity contribution in [2.24, 2.45) is 0 Å². The molecular formula is C21H23F3N2O3. The molecule has 0 unspecified atom stereocenters. The summed E-state index contributed by atoms with van der Waals surface area (Å²) in [6.07, 6.45) is -3.02. The lowest BCUT2D eigenvalue weighted by Gasteiger charge is -2.27. The van der Waals surface area contributed by atoms with Gasteiger partial charge in [0, 0.05) is 13.1 Å². The fourth-order valence-electron chi connectivity index (χ4n) is 3.04. The minimum absolute atomic E-state index is 0.00748. The minimum Gasteiger partial charge on any atom is -0.478 e. The summed E-state index contributed by atoms with van der Waals surface area (Å²) in [5.74, 6) is -2.07. The molecule has 0 saturated carbocycles. The molecule has 0 aliphatic rings. The van der Waals surface area contributed by atoms with Crippen molar-refractivity contribution in [1.29, 1.82) is 0 Å². The van der Waals surface area contributed by atoms with E-state index < -0.39 is 23.6 Å². The van der Waals surface area contributed by atoms with E-state index in [9.17, 15) is 27.9 Å². The van der Waals surface area contributed by atoms with Crippen molar-refractivity contribution in [3.05, 3.63) is 59.2 Å². The molecule has 1 amide bonds. The number of amides is 1. The lowest BCUT2D eigenvalue weighted by molar-refractivity contribution is -0.137. The summed E-state index contributed by atoms with van der Waals surface area (Å²) in [5.41, 5.74) is -0.788. The Balaban J connectivity index is 2.50. The normalized spacial score (nSPS) is 11.2. The first-order valence-electron chi connectivity index (χ1n) is 9.28. The van der Waals surface area contributed by atoms with Gasteiger partial charge in [-0.05, 0) is 43.2 Å². The van der Waals surface area contributed by atoms with Gasteiger partial charge in [0.1, 0.15) is 0 Å². The van der Waals surface area contributed by atoms with Gasteiger partial charge in [0.05, 0.1) is 28.1 Å². The van der Waals surface area contributed by atoms with Gasteiger partial charge in [0.2, 0.25) is 0 Å². The highest BCUT2D eigenvalue weighted by atomic mass is 19.4. The second kappa shape index (κ2) is 9.45. The molecule has 0 atom stereocenters. The van der Waals surface area contributed by atoms with Crippen molar-refractivity contribution >= 4 is 23.3 Å². The van der Waals surface area contributed by atoms with Gasteiger partial charge in [-0.2, -0.15) is 13.2 Å². The third-order valence-corrected chi connectivity index (χ3v) is 4.30. The molecule has 2 aromatic rings. The highest BCUT2D eigenvalue weighted by Crippen LogP contribution is 2.36. The second-order valence-electron chi connectivity index (χ2n) is 6.52. The lowest BCUT2D eigenvalue weighted by atomic mass is 10.1. The topological polar surface area (TPSA) is 69.6 Å². The number of aromatic carboxylic acids is 1. The van der Waals surface area contributed by atoms with E-state index in [1.807, 2.05) is 18.7 Å². The monoisotopic (exact) mass is 408 g/mol. The number of hydrogen-bond acceptors (Lipinski definition) is 3. The Morgan fingerprint density at radius 1 is 1.00 bits per heavy atom. The number of carboxylic acid groups (broad SMARTS) is 1. The fourth-order valence-corrected chi connectivity index (χ4v) is 3.04. The molecule has 0 aliphatic carbocycles. The van der Waals surface area contributed by atoms with Gasteiger partial charge in [-0.25, -0.2) is 4.79 Å². The maximum absolute atomic E-state index is 13.2. The van der Waals surface area contributed by atoms with Crippen molar-refractivity contribution in [3.8, 4) is 0 Å². The van der Waals surface area contributed by atoms with Crippen LogP contribution >= 0.6 is 0 Å². The summed E-state index contributed by atoms with van der Waals surface area (Å²) in [4.78, 5) is 26.0. The number of nitrogens with zero attached hydrogens (tertiary/aromatic N) is 1. The molecule has 156 valence electrons. The van der Waals surface area contributed by atoms with Crippen LogP contribution in [-0.4, -0.2) is 30.1 Å². The first kappa shape index (κ1) is 22.3. The predicted molar refractivity (Wildman–Crippen MR) is 106 cm³/mol. The van der Waals surface area contributed by atoms with Crippen LogP contribution < -0.4 is 10.2 Å². The van der Waals surface area contributed by atoms with E-state index in [-0.39, 0.29) is 16.8 Å². The molecule has 0 fully saturated rings. The summed E-state index contributed by atoms with van der Waals surface area (Å²) in [6, 6.07) is 8.76. The van der Waals surface area contributed by atoms with Crippen molar-refractivity contribution < 1.29 is 27.9 Å². The van der Waals surface area contributed by atoms with Gasteiger partial charge >= 0.3 is 12.1 Å². The van der Waals surface area contributed by atoms with Crippen molar-refractivity contribution in [2.75, 3.05) is 23.3 Å². The molecule has 2 rings (SSSR count). The minimum atomic E-state index is -4.57. The molecule has 0 spiro atoms. The average Bonchev–Trinajstić information content (AvgIpc) is 2.67. The van der Waals surface area contributed by atoms with Crippen LogP contribution in [0.15, 0.2) is 42.5 Å².